The molecule has 1 aliphatic heterocycles. The van der Waals surface area contributed by atoms with E-state index < -0.39 is 34.2 Å². The van der Waals surface area contributed by atoms with Crippen molar-refractivity contribution in [2.45, 2.75) is 6.18 Å². The molecule has 1 heterocycles. The number of ether oxygens (including phenoxy) is 2. The second-order valence-electron chi connectivity index (χ2n) is 7.72. The summed E-state index contributed by atoms with van der Waals surface area (Å²) in [6.45, 7) is 0.651. The van der Waals surface area contributed by atoms with Crippen LogP contribution >= 0.6 is 0 Å². The van der Waals surface area contributed by atoms with Crippen LogP contribution in [-0.4, -0.2) is 72.4 Å². The van der Waals surface area contributed by atoms with Crippen molar-refractivity contribution in [2.75, 3.05) is 62.4 Å². The summed E-state index contributed by atoms with van der Waals surface area (Å²) in [6.07, 6.45) is -3.45. The molecule has 3 rings (SSSR count). The summed E-state index contributed by atoms with van der Waals surface area (Å²) in [7, 11) is -1.02. The van der Waals surface area contributed by atoms with Crippen LogP contribution in [0, 0.1) is 0 Å². The van der Waals surface area contributed by atoms with Crippen LogP contribution in [0.5, 0.6) is 11.5 Å². The average Bonchev–Trinajstić information content (AvgIpc) is 2.81. The lowest BCUT2D eigenvalue weighted by Gasteiger charge is -2.37. The normalized spacial score (nSPS) is 14.6. The van der Waals surface area contributed by atoms with Gasteiger partial charge in [0.15, 0.2) is 0 Å². The number of alkyl halides is 3. The van der Waals surface area contributed by atoms with Crippen LogP contribution in [0.2, 0.25) is 0 Å². The maximum atomic E-state index is 13.0. The van der Waals surface area contributed by atoms with Gasteiger partial charge in [0.2, 0.25) is 15.9 Å². The van der Waals surface area contributed by atoms with Gasteiger partial charge in [0, 0.05) is 37.9 Å². The minimum atomic E-state index is -4.44. The van der Waals surface area contributed by atoms with Gasteiger partial charge in [0.05, 0.1) is 31.7 Å². The number of carbonyl (C=O) groups excluding carboxylic acids is 1. The Balaban J connectivity index is 1.73. The number of amides is 1. The average molecular weight is 502 g/mol. The van der Waals surface area contributed by atoms with Crippen molar-refractivity contribution in [2.24, 2.45) is 0 Å². The first kappa shape index (κ1) is 25.5. The van der Waals surface area contributed by atoms with Crippen molar-refractivity contribution < 1.29 is 35.9 Å². The minimum Gasteiger partial charge on any atom is -0.497 e. The van der Waals surface area contributed by atoms with Crippen molar-refractivity contribution in [1.82, 2.24) is 4.90 Å². The molecule has 2 aromatic carbocycles. The lowest BCUT2D eigenvalue weighted by molar-refractivity contribution is -0.137. The summed E-state index contributed by atoms with van der Waals surface area (Å²) in [6, 6.07) is 9.66. The van der Waals surface area contributed by atoms with Crippen LogP contribution in [0.15, 0.2) is 42.5 Å². The van der Waals surface area contributed by atoms with Gasteiger partial charge in [-0.2, -0.15) is 13.2 Å². The fraction of sp³-hybridized carbons (Fsp3) is 0.409. The predicted octanol–water partition coefficient (Wildman–Crippen LogP) is 2.84. The molecule has 12 heteroatoms. The van der Waals surface area contributed by atoms with E-state index in [0.29, 0.717) is 24.5 Å². The Morgan fingerprint density at radius 2 is 1.71 bits per heavy atom. The number of methoxy groups -OCH3 is 2. The van der Waals surface area contributed by atoms with Crippen molar-refractivity contribution >= 4 is 27.3 Å². The van der Waals surface area contributed by atoms with Gasteiger partial charge in [-0.05, 0) is 30.3 Å². The first-order chi connectivity index (χ1) is 15.9. The Hall–Kier alpha value is -3.15. The summed E-state index contributed by atoms with van der Waals surface area (Å²) in [4.78, 5) is 16.2. The molecule has 1 aliphatic rings. The zero-order valence-corrected chi connectivity index (χ0v) is 19.8. The van der Waals surface area contributed by atoms with Gasteiger partial charge in [-0.15, -0.1) is 0 Å². The van der Waals surface area contributed by atoms with Crippen LogP contribution in [-0.2, 0) is 21.0 Å². The molecule has 1 fully saturated rings. The van der Waals surface area contributed by atoms with Gasteiger partial charge >= 0.3 is 6.18 Å². The van der Waals surface area contributed by atoms with E-state index in [1.54, 1.807) is 23.1 Å². The van der Waals surface area contributed by atoms with Gasteiger partial charge in [0.1, 0.15) is 18.0 Å². The molecule has 0 N–H and O–H groups in total. The lowest BCUT2D eigenvalue weighted by atomic mass is 10.1. The largest absolute Gasteiger partial charge is 0.497 e. The van der Waals surface area contributed by atoms with E-state index >= 15 is 0 Å². The summed E-state index contributed by atoms with van der Waals surface area (Å²) in [5.41, 5.74) is -0.152. The van der Waals surface area contributed by atoms with Crippen LogP contribution in [0.1, 0.15) is 5.56 Å². The highest BCUT2D eigenvalue weighted by Crippen LogP contribution is 2.34. The number of rotatable bonds is 7. The Kier molecular flexibility index (Phi) is 7.49. The number of nitrogens with zero attached hydrogens (tertiary/aromatic N) is 3. The third-order valence-electron chi connectivity index (χ3n) is 5.50. The molecule has 0 aromatic heterocycles. The van der Waals surface area contributed by atoms with E-state index in [9.17, 15) is 26.4 Å². The molecule has 1 saturated heterocycles. The Morgan fingerprint density at radius 1 is 1.03 bits per heavy atom. The van der Waals surface area contributed by atoms with Crippen LogP contribution in [0.25, 0.3) is 0 Å². The molecule has 186 valence electrons. The molecule has 0 saturated carbocycles. The molecular formula is C22H26F3N3O5S. The maximum absolute atomic E-state index is 13.0. The molecule has 0 radical (unpaired) electrons. The highest BCUT2D eigenvalue weighted by Gasteiger charge is 2.32. The van der Waals surface area contributed by atoms with Gasteiger partial charge in [-0.1, -0.05) is 6.07 Å². The minimum absolute atomic E-state index is 0.167. The molecular weight excluding hydrogens is 475 g/mol. The molecule has 8 nitrogen and oxygen atoms in total. The number of hydrogen-bond donors (Lipinski definition) is 0. The predicted molar refractivity (Wildman–Crippen MR) is 122 cm³/mol. The fourth-order valence-electron chi connectivity index (χ4n) is 3.69. The maximum Gasteiger partial charge on any atom is 0.416 e. The molecule has 0 spiro atoms. The Bertz CT molecular complexity index is 1130. The number of carbonyl (C=O) groups is 1. The highest BCUT2D eigenvalue weighted by molar-refractivity contribution is 7.92. The second-order valence-corrected chi connectivity index (χ2v) is 9.63. The SMILES string of the molecule is COc1ccc(OC)c(N(CC(=O)N2CCN(c3cccc(C(F)(F)F)c3)CC2)S(C)(=O)=O)c1. The van der Waals surface area contributed by atoms with Crippen molar-refractivity contribution in [3.8, 4) is 11.5 Å². The quantitative estimate of drug-likeness (QED) is 0.581. The van der Waals surface area contributed by atoms with E-state index in [1.807, 2.05) is 0 Å². The topological polar surface area (TPSA) is 79.4 Å². The number of halogens is 3. The Labute approximate surface area is 196 Å². The van der Waals surface area contributed by atoms with Crippen molar-refractivity contribution in [3.05, 3.63) is 48.0 Å². The van der Waals surface area contributed by atoms with Crippen molar-refractivity contribution in [1.29, 1.82) is 0 Å². The molecule has 1 amide bonds. The number of sulfonamides is 1. The lowest BCUT2D eigenvalue weighted by Crippen LogP contribution is -2.52. The second kappa shape index (κ2) is 10.00. The van der Waals surface area contributed by atoms with E-state index in [-0.39, 0.29) is 24.5 Å². The number of hydrogen-bond acceptors (Lipinski definition) is 6. The molecule has 0 bridgehead atoms. The standard InChI is InChI=1S/C22H26F3N3O5S/c1-32-18-7-8-20(33-2)19(14-18)28(34(3,30)31)15-21(29)27-11-9-26(10-12-27)17-6-4-5-16(13-17)22(23,24)25/h4-8,13-14H,9-12,15H2,1-3H3. The molecule has 0 aliphatic carbocycles. The van der Waals surface area contributed by atoms with E-state index in [1.165, 1.54) is 31.3 Å². The van der Waals surface area contributed by atoms with Gasteiger partial charge < -0.3 is 19.3 Å². The third-order valence-corrected chi connectivity index (χ3v) is 6.63. The third kappa shape index (κ3) is 5.85. The first-order valence-electron chi connectivity index (χ1n) is 10.3. The number of anilines is 2. The van der Waals surface area contributed by atoms with Gasteiger partial charge in [0.25, 0.3) is 0 Å². The van der Waals surface area contributed by atoms with Crippen LogP contribution in [0.4, 0.5) is 24.5 Å². The van der Waals surface area contributed by atoms with E-state index in [2.05, 4.69) is 0 Å². The summed E-state index contributed by atoms with van der Waals surface area (Å²) < 4.78 is 75.5. The summed E-state index contributed by atoms with van der Waals surface area (Å²) >= 11 is 0. The molecule has 0 atom stereocenters. The first-order valence-corrected chi connectivity index (χ1v) is 12.2. The van der Waals surface area contributed by atoms with Crippen LogP contribution in [0.3, 0.4) is 0 Å². The van der Waals surface area contributed by atoms with Gasteiger partial charge in [-0.3, -0.25) is 9.10 Å². The fourth-order valence-corrected chi connectivity index (χ4v) is 4.53. The monoisotopic (exact) mass is 501 g/mol. The van der Waals surface area contributed by atoms with E-state index in [0.717, 1.165) is 22.7 Å². The molecule has 2 aromatic rings. The van der Waals surface area contributed by atoms with Crippen LogP contribution < -0.4 is 18.7 Å². The zero-order valence-electron chi connectivity index (χ0n) is 19.0. The van der Waals surface area contributed by atoms with E-state index in [4.69, 9.17) is 9.47 Å². The number of benzene rings is 2. The van der Waals surface area contributed by atoms with Crippen molar-refractivity contribution in [3.63, 3.8) is 0 Å². The molecule has 34 heavy (non-hydrogen) atoms. The highest BCUT2D eigenvalue weighted by atomic mass is 32.2. The molecule has 0 unspecified atom stereocenters. The number of piperazine rings is 1. The zero-order chi connectivity index (χ0) is 25.1. The van der Waals surface area contributed by atoms with Gasteiger partial charge in [-0.25, -0.2) is 8.42 Å². The Morgan fingerprint density at radius 3 is 2.26 bits per heavy atom. The summed E-state index contributed by atoms with van der Waals surface area (Å²) in [5, 5.41) is 0. The summed E-state index contributed by atoms with van der Waals surface area (Å²) in [5.74, 6) is 0.221. The smallest absolute Gasteiger partial charge is 0.416 e.